The Labute approximate surface area is 104 Å². The van der Waals surface area contributed by atoms with Crippen molar-refractivity contribution >= 4 is 10.0 Å². The summed E-state index contributed by atoms with van der Waals surface area (Å²) in [6.45, 7) is 5.96. The molecule has 6 heteroatoms. The zero-order valence-electron chi connectivity index (χ0n) is 11.0. The quantitative estimate of drug-likeness (QED) is 0.780. The molecule has 0 amide bonds. The van der Waals surface area contributed by atoms with Gasteiger partial charge >= 0.3 is 0 Å². The van der Waals surface area contributed by atoms with E-state index in [-0.39, 0.29) is 10.7 Å². The number of nitrogens with zero attached hydrogens (tertiary/aromatic N) is 1. The van der Waals surface area contributed by atoms with Crippen LogP contribution in [0.2, 0.25) is 0 Å². The molecule has 1 heterocycles. The Bertz CT molecular complexity index is 335. The molecule has 1 aliphatic heterocycles. The van der Waals surface area contributed by atoms with Gasteiger partial charge < -0.3 is 10.5 Å². The molecule has 0 bridgehead atoms. The Kier molecular flexibility index (Phi) is 4.95. The minimum atomic E-state index is -3.21. The van der Waals surface area contributed by atoms with Crippen molar-refractivity contribution < 1.29 is 13.2 Å². The van der Waals surface area contributed by atoms with Crippen molar-refractivity contribution in [2.75, 3.05) is 33.4 Å². The van der Waals surface area contributed by atoms with Crippen molar-refractivity contribution in [2.45, 2.75) is 31.9 Å². The van der Waals surface area contributed by atoms with E-state index in [1.54, 1.807) is 7.05 Å². The zero-order valence-corrected chi connectivity index (χ0v) is 11.8. The molecule has 0 atom stereocenters. The van der Waals surface area contributed by atoms with Crippen LogP contribution >= 0.6 is 0 Å². The lowest BCUT2D eigenvalue weighted by atomic mass is 9.94. The van der Waals surface area contributed by atoms with Crippen LogP contribution in [-0.4, -0.2) is 51.3 Å². The minimum Gasteiger partial charge on any atom is -0.381 e. The van der Waals surface area contributed by atoms with E-state index in [0.717, 1.165) is 0 Å². The molecule has 102 valence electrons. The summed E-state index contributed by atoms with van der Waals surface area (Å²) in [7, 11) is -1.57. The van der Waals surface area contributed by atoms with Gasteiger partial charge in [0.1, 0.15) is 0 Å². The second kappa shape index (κ2) is 5.65. The summed E-state index contributed by atoms with van der Waals surface area (Å²) in [5, 5.41) is -0.296. The average molecular weight is 264 g/mol. The maximum absolute atomic E-state index is 12.3. The second-order valence-corrected chi connectivity index (χ2v) is 7.80. The van der Waals surface area contributed by atoms with Crippen molar-refractivity contribution in [2.24, 2.45) is 11.1 Å². The van der Waals surface area contributed by atoms with Gasteiger partial charge in [0.2, 0.25) is 10.0 Å². The number of hydrogen-bond donors (Lipinski definition) is 1. The molecule has 1 aliphatic rings. The lowest BCUT2D eigenvalue weighted by Crippen LogP contribution is -2.44. The van der Waals surface area contributed by atoms with Gasteiger partial charge in [-0.1, -0.05) is 13.8 Å². The fraction of sp³-hybridized carbons (Fsp3) is 1.00. The summed E-state index contributed by atoms with van der Waals surface area (Å²) in [6, 6.07) is 0. The van der Waals surface area contributed by atoms with Crippen LogP contribution < -0.4 is 5.73 Å². The monoisotopic (exact) mass is 264 g/mol. The molecular weight excluding hydrogens is 240 g/mol. The number of sulfonamides is 1. The SMILES string of the molecule is CN(CC(C)(C)CN)S(=O)(=O)C1CCOCC1. The summed E-state index contributed by atoms with van der Waals surface area (Å²) in [6.07, 6.45) is 1.19. The molecule has 1 rings (SSSR count). The molecule has 0 aromatic heterocycles. The van der Waals surface area contributed by atoms with Crippen LogP contribution in [0.1, 0.15) is 26.7 Å². The average Bonchev–Trinajstić information content (AvgIpc) is 2.29. The van der Waals surface area contributed by atoms with E-state index in [1.165, 1.54) is 4.31 Å². The third-order valence-electron chi connectivity index (χ3n) is 3.23. The van der Waals surface area contributed by atoms with Crippen LogP contribution in [0.5, 0.6) is 0 Å². The Morgan fingerprint density at radius 1 is 1.35 bits per heavy atom. The highest BCUT2D eigenvalue weighted by molar-refractivity contribution is 7.89. The fourth-order valence-electron chi connectivity index (χ4n) is 1.99. The van der Waals surface area contributed by atoms with Gasteiger partial charge in [0, 0.05) is 26.8 Å². The van der Waals surface area contributed by atoms with Crippen molar-refractivity contribution in [3.8, 4) is 0 Å². The van der Waals surface area contributed by atoms with Crippen molar-refractivity contribution in [3.05, 3.63) is 0 Å². The topological polar surface area (TPSA) is 72.6 Å². The van der Waals surface area contributed by atoms with Gasteiger partial charge in [-0.15, -0.1) is 0 Å². The van der Waals surface area contributed by atoms with Crippen molar-refractivity contribution in [1.82, 2.24) is 4.31 Å². The lowest BCUT2D eigenvalue weighted by molar-refractivity contribution is 0.0971. The van der Waals surface area contributed by atoms with E-state index in [2.05, 4.69) is 0 Å². The van der Waals surface area contributed by atoms with Crippen molar-refractivity contribution in [3.63, 3.8) is 0 Å². The largest absolute Gasteiger partial charge is 0.381 e. The standard InChI is InChI=1S/C11H24N2O3S/c1-11(2,8-12)9-13(3)17(14,15)10-4-6-16-7-5-10/h10H,4-9,12H2,1-3H3. The second-order valence-electron chi connectivity index (χ2n) is 5.48. The number of ether oxygens (including phenoxy) is 1. The van der Waals surface area contributed by atoms with Gasteiger partial charge in [-0.3, -0.25) is 0 Å². The maximum Gasteiger partial charge on any atom is 0.216 e. The van der Waals surface area contributed by atoms with Crippen LogP contribution in [0.25, 0.3) is 0 Å². The van der Waals surface area contributed by atoms with Crippen LogP contribution in [-0.2, 0) is 14.8 Å². The minimum absolute atomic E-state index is 0.188. The smallest absolute Gasteiger partial charge is 0.216 e. The van der Waals surface area contributed by atoms with Gasteiger partial charge in [0.15, 0.2) is 0 Å². The molecule has 0 saturated carbocycles. The first kappa shape index (κ1) is 14.9. The van der Waals surface area contributed by atoms with Crippen LogP contribution in [0.15, 0.2) is 0 Å². The lowest BCUT2D eigenvalue weighted by Gasteiger charge is -2.32. The Hall–Kier alpha value is -0.170. The third kappa shape index (κ3) is 3.91. The van der Waals surface area contributed by atoms with E-state index in [0.29, 0.717) is 39.1 Å². The number of rotatable bonds is 5. The molecule has 0 aliphatic carbocycles. The summed E-state index contributed by atoms with van der Waals surface area (Å²) in [4.78, 5) is 0. The first-order chi connectivity index (χ1) is 7.79. The molecule has 0 unspecified atom stereocenters. The van der Waals surface area contributed by atoms with E-state index in [9.17, 15) is 8.42 Å². The van der Waals surface area contributed by atoms with Gasteiger partial charge in [-0.05, 0) is 24.8 Å². The van der Waals surface area contributed by atoms with E-state index in [1.807, 2.05) is 13.8 Å². The molecule has 5 nitrogen and oxygen atoms in total. The van der Waals surface area contributed by atoms with Crippen molar-refractivity contribution in [1.29, 1.82) is 0 Å². The Morgan fingerprint density at radius 3 is 2.35 bits per heavy atom. The molecule has 0 spiro atoms. The summed E-state index contributed by atoms with van der Waals surface area (Å²) in [5.41, 5.74) is 5.45. The molecular formula is C11H24N2O3S. The normalized spacial score (nSPS) is 19.8. The molecule has 2 N–H and O–H groups in total. The van der Waals surface area contributed by atoms with Gasteiger partial charge in [-0.2, -0.15) is 0 Å². The van der Waals surface area contributed by atoms with Crippen LogP contribution in [0.4, 0.5) is 0 Å². The molecule has 0 aromatic carbocycles. The highest BCUT2D eigenvalue weighted by atomic mass is 32.2. The van der Waals surface area contributed by atoms with Gasteiger partial charge in [0.05, 0.1) is 5.25 Å². The zero-order chi connectivity index (χ0) is 13.1. The van der Waals surface area contributed by atoms with Gasteiger partial charge in [-0.25, -0.2) is 12.7 Å². The fourth-order valence-corrected chi connectivity index (χ4v) is 3.81. The van der Waals surface area contributed by atoms with E-state index >= 15 is 0 Å². The summed E-state index contributed by atoms with van der Waals surface area (Å²) >= 11 is 0. The predicted molar refractivity (Wildman–Crippen MR) is 68.2 cm³/mol. The highest BCUT2D eigenvalue weighted by Gasteiger charge is 2.33. The molecule has 0 radical (unpaired) electrons. The van der Waals surface area contributed by atoms with Gasteiger partial charge in [0.25, 0.3) is 0 Å². The molecule has 0 aromatic rings. The molecule has 17 heavy (non-hydrogen) atoms. The first-order valence-corrected chi connectivity index (χ1v) is 7.53. The maximum atomic E-state index is 12.3. The molecule has 1 saturated heterocycles. The first-order valence-electron chi connectivity index (χ1n) is 6.02. The molecule has 1 fully saturated rings. The third-order valence-corrected chi connectivity index (χ3v) is 5.54. The van der Waals surface area contributed by atoms with E-state index < -0.39 is 10.0 Å². The van der Waals surface area contributed by atoms with E-state index in [4.69, 9.17) is 10.5 Å². The summed E-state index contributed by atoms with van der Waals surface area (Å²) in [5.74, 6) is 0. The Morgan fingerprint density at radius 2 is 1.88 bits per heavy atom. The van der Waals surface area contributed by atoms with Crippen LogP contribution in [0, 0.1) is 5.41 Å². The number of hydrogen-bond acceptors (Lipinski definition) is 4. The summed E-state index contributed by atoms with van der Waals surface area (Å²) < 4.78 is 31.3. The number of nitrogens with two attached hydrogens (primary N) is 1. The Balaban J connectivity index is 2.69. The predicted octanol–water partition coefficient (Wildman–Crippen LogP) is 0.412. The highest BCUT2D eigenvalue weighted by Crippen LogP contribution is 2.22. The van der Waals surface area contributed by atoms with Crippen LogP contribution in [0.3, 0.4) is 0 Å².